The average Bonchev–Trinajstić information content (AvgIpc) is 3.36. The van der Waals surface area contributed by atoms with Gasteiger partial charge in [0.25, 0.3) is 12.0 Å². The van der Waals surface area contributed by atoms with Crippen LogP contribution in [0.25, 0.3) is 22.3 Å². The largest absolute Gasteiger partial charge is 0.483 e. The fraction of sp³-hybridized carbons (Fsp3) is 0.344. The Morgan fingerprint density at radius 1 is 1.05 bits per heavy atom. The normalized spacial score (nSPS) is 13.8. The lowest BCUT2D eigenvalue weighted by atomic mass is 9.99. The Bertz CT molecular complexity index is 1660. The van der Waals surface area contributed by atoms with E-state index in [1.165, 1.54) is 6.07 Å². The summed E-state index contributed by atoms with van der Waals surface area (Å²) >= 11 is 0. The molecule has 4 heterocycles. The van der Waals surface area contributed by atoms with Crippen molar-refractivity contribution >= 4 is 34.4 Å². The molecule has 0 saturated carbocycles. The molecule has 0 spiro atoms. The van der Waals surface area contributed by atoms with Crippen LogP contribution in [0, 0.1) is 12.7 Å². The van der Waals surface area contributed by atoms with Crippen LogP contribution in [0.4, 0.5) is 21.5 Å². The number of hydrogen-bond acceptors (Lipinski definition) is 8. The van der Waals surface area contributed by atoms with E-state index in [0.29, 0.717) is 24.2 Å². The van der Waals surface area contributed by atoms with Gasteiger partial charge in [-0.2, -0.15) is 0 Å². The van der Waals surface area contributed by atoms with E-state index in [1.807, 2.05) is 39.0 Å². The van der Waals surface area contributed by atoms with Gasteiger partial charge in [-0.15, -0.1) is 0 Å². The van der Waals surface area contributed by atoms with Crippen LogP contribution < -0.4 is 21.9 Å². The number of aryl methyl sites for hydroxylation is 1. The molecule has 0 bridgehead atoms. The Morgan fingerprint density at radius 3 is 2.33 bits per heavy atom. The highest BCUT2D eigenvalue weighted by atomic mass is 19.1. The highest BCUT2D eigenvalue weighted by Gasteiger charge is 2.29. The van der Waals surface area contributed by atoms with Crippen molar-refractivity contribution in [3.05, 3.63) is 80.9 Å². The van der Waals surface area contributed by atoms with E-state index in [4.69, 9.17) is 31.1 Å². The van der Waals surface area contributed by atoms with E-state index in [0.717, 1.165) is 71.0 Å². The zero-order chi connectivity index (χ0) is 31.3. The van der Waals surface area contributed by atoms with Gasteiger partial charge in [-0.3, -0.25) is 14.5 Å². The number of carboxylic acid groups (broad SMARTS) is 1. The molecule has 2 aromatic heterocycles. The number of carbonyl (C=O) groups is 1. The molecule has 43 heavy (non-hydrogen) atoms. The van der Waals surface area contributed by atoms with Crippen LogP contribution in [-0.4, -0.2) is 59.3 Å². The van der Waals surface area contributed by atoms with Gasteiger partial charge >= 0.3 is 0 Å². The number of pyridine rings is 2. The van der Waals surface area contributed by atoms with Crippen LogP contribution >= 0.6 is 0 Å². The van der Waals surface area contributed by atoms with Gasteiger partial charge in [0.2, 0.25) is 0 Å². The first-order chi connectivity index (χ1) is 20.7. The molecule has 228 valence electrons. The SMILES string of the molecule is CC.COCc1c(C)cc2n(c1=O)Cc1c-2nc2cc(F)c(N)cc2c1CN1CCN(c2ccc(N)cc2)CC1.O=CO. The van der Waals surface area contributed by atoms with Gasteiger partial charge in [-0.1, -0.05) is 13.8 Å². The molecule has 4 aromatic rings. The zero-order valence-corrected chi connectivity index (χ0v) is 25.1. The highest BCUT2D eigenvalue weighted by molar-refractivity contribution is 5.90. The Hall–Kier alpha value is -4.48. The molecule has 2 aromatic carbocycles. The minimum absolute atomic E-state index is 0.0716. The number of piperazine rings is 1. The summed E-state index contributed by atoms with van der Waals surface area (Å²) in [5, 5.41) is 7.72. The molecule has 5 N–H and O–H groups in total. The molecule has 0 radical (unpaired) electrons. The maximum absolute atomic E-state index is 14.5. The molecule has 0 atom stereocenters. The second-order valence-electron chi connectivity index (χ2n) is 10.3. The van der Waals surface area contributed by atoms with Crippen molar-refractivity contribution in [2.45, 2.75) is 40.5 Å². The van der Waals surface area contributed by atoms with Crippen molar-refractivity contribution in [2.75, 3.05) is 49.7 Å². The molecule has 1 fully saturated rings. The molecule has 0 unspecified atom stereocenters. The van der Waals surface area contributed by atoms with Crippen molar-refractivity contribution in [1.29, 1.82) is 0 Å². The quantitative estimate of drug-likeness (QED) is 0.203. The van der Waals surface area contributed by atoms with Gasteiger partial charge < -0.3 is 30.8 Å². The molecule has 10 nitrogen and oxygen atoms in total. The predicted molar refractivity (Wildman–Crippen MR) is 169 cm³/mol. The molecule has 1 saturated heterocycles. The number of fused-ring (bicyclic) bond motifs is 4. The van der Waals surface area contributed by atoms with Crippen molar-refractivity contribution in [2.24, 2.45) is 0 Å². The molecule has 2 aliphatic rings. The number of aromatic nitrogens is 2. The van der Waals surface area contributed by atoms with Crippen LogP contribution in [0.15, 0.2) is 47.3 Å². The van der Waals surface area contributed by atoms with Crippen LogP contribution in [0.1, 0.15) is 36.1 Å². The summed E-state index contributed by atoms with van der Waals surface area (Å²) in [7, 11) is 1.59. The number of nitrogens with zero attached hydrogens (tertiary/aromatic N) is 4. The minimum atomic E-state index is -0.491. The smallest absolute Gasteiger partial charge is 0.290 e. The third-order valence-electron chi connectivity index (χ3n) is 7.81. The summed E-state index contributed by atoms with van der Waals surface area (Å²) in [6.45, 7) is 10.5. The van der Waals surface area contributed by atoms with Gasteiger partial charge in [0.05, 0.1) is 35.7 Å². The Kier molecular flexibility index (Phi) is 9.99. The molecule has 0 amide bonds. The summed E-state index contributed by atoms with van der Waals surface area (Å²) < 4.78 is 21.6. The van der Waals surface area contributed by atoms with Crippen LogP contribution in [0.2, 0.25) is 0 Å². The number of nitrogens with two attached hydrogens (primary N) is 2. The fourth-order valence-corrected chi connectivity index (χ4v) is 5.69. The molecule has 6 rings (SSSR count). The van der Waals surface area contributed by atoms with Crippen LogP contribution in [0.5, 0.6) is 0 Å². The number of ether oxygens (including phenoxy) is 1. The number of halogens is 1. The van der Waals surface area contributed by atoms with Crippen molar-refractivity contribution < 1.29 is 19.0 Å². The lowest BCUT2D eigenvalue weighted by Gasteiger charge is -2.36. The summed E-state index contributed by atoms with van der Waals surface area (Å²) in [6, 6.07) is 13.0. The van der Waals surface area contributed by atoms with Crippen LogP contribution in [-0.2, 0) is 29.2 Å². The third-order valence-corrected chi connectivity index (χ3v) is 7.81. The lowest BCUT2D eigenvalue weighted by molar-refractivity contribution is -0.122. The van der Waals surface area contributed by atoms with E-state index in [2.05, 4.69) is 21.9 Å². The number of hydrogen-bond donors (Lipinski definition) is 3. The number of rotatable bonds is 5. The summed E-state index contributed by atoms with van der Waals surface area (Å²) in [5.41, 5.74) is 19.4. The van der Waals surface area contributed by atoms with E-state index in [1.54, 1.807) is 17.7 Å². The zero-order valence-electron chi connectivity index (χ0n) is 25.1. The molecule has 0 aliphatic carbocycles. The Balaban J connectivity index is 0.000000798. The maximum Gasteiger partial charge on any atom is 0.290 e. The van der Waals surface area contributed by atoms with Gasteiger partial charge in [-0.25, -0.2) is 9.37 Å². The highest BCUT2D eigenvalue weighted by Crippen LogP contribution is 2.38. The van der Waals surface area contributed by atoms with Gasteiger partial charge in [0.15, 0.2) is 0 Å². The number of anilines is 3. The molecular weight excluding hydrogens is 551 g/mol. The first-order valence-corrected chi connectivity index (χ1v) is 14.3. The summed E-state index contributed by atoms with van der Waals surface area (Å²) in [6.07, 6.45) is 0. The maximum atomic E-state index is 14.5. The number of methoxy groups -OCH3 is 1. The van der Waals surface area contributed by atoms with E-state index < -0.39 is 5.82 Å². The van der Waals surface area contributed by atoms with Gasteiger partial charge in [-0.05, 0) is 54.4 Å². The van der Waals surface area contributed by atoms with E-state index >= 15 is 0 Å². The fourth-order valence-electron chi connectivity index (χ4n) is 5.69. The average molecular weight is 591 g/mol. The lowest BCUT2D eigenvalue weighted by Crippen LogP contribution is -2.46. The first-order valence-electron chi connectivity index (χ1n) is 14.3. The number of benzene rings is 2. The second-order valence-corrected chi connectivity index (χ2v) is 10.3. The summed E-state index contributed by atoms with van der Waals surface area (Å²) in [4.78, 5) is 31.3. The Morgan fingerprint density at radius 2 is 1.70 bits per heavy atom. The summed E-state index contributed by atoms with van der Waals surface area (Å²) in [5.74, 6) is -0.491. The minimum Gasteiger partial charge on any atom is -0.483 e. The number of nitrogen functional groups attached to an aromatic ring is 2. The first kappa shape index (κ1) is 31.5. The third kappa shape index (κ3) is 6.32. The van der Waals surface area contributed by atoms with Crippen molar-refractivity contribution in [1.82, 2.24) is 14.5 Å². The van der Waals surface area contributed by atoms with E-state index in [9.17, 15) is 9.18 Å². The Labute approximate surface area is 250 Å². The standard InChI is InChI=1S/C29H31FN6O2.C2H6.CH2O2/c1-17-11-27-28-22(15-36(27)29(37)23(17)16-38-2)21(20-12-25(32)24(30)13-26(20)33-28)14-34-7-9-35(10-8-34)19-5-3-18(31)4-6-19;1-2;2-1-3/h3-6,11-13H,7-10,14-16,31-32H2,1-2H3;1-2H3;1H,(H,2,3). The monoisotopic (exact) mass is 590 g/mol. The van der Waals surface area contributed by atoms with E-state index in [-0.39, 0.29) is 24.3 Å². The van der Waals surface area contributed by atoms with Crippen molar-refractivity contribution in [3.8, 4) is 11.4 Å². The second kappa shape index (κ2) is 13.7. The molecule has 2 aliphatic heterocycles. The van der Waals surface area contributed by atoms with Gasteiger partial charge in [0, 0.05) is 73.8 Å². The van der Waals surface area contributed by atoms with Gasteiger partial charge in [0.1, 0.15) is 5.82 Å². The van der Waals surface area contributed by atoms with Crippen molar-refractivity contribution in [3.63, 3.8) is 0 Å². The molecule has 11 heteroatoms. The topological polar surface area (TPSA) is 140 Å². The van der Waals surface area contributed by atoms with Crippen LogP contribution in [0.3, 0.4) is 0 Å². The predicted octanol–water partition coefficient (Wildman–Crippen LogP) is 4.23. The molecular formula is C32H39FN6O4.